The maximum absolute atomic E-state index is 11.7. The number of aliphatic carboxylic acids is 1. The molecule has 6 heteroatoms. The largest absolute Gasteiger partial charge is 0.481 e. The van der Waals surface area contributed by atoms with Gasteiger partial charge in [-0.2, -0.15) is 0 Å². The maximum atomic E-state index is 11.7. The van der Waals surface area contributed by atoms with Gasteiger partial charge in [0.2, 0.25) is 0 Å². The van der Waals surface area contributed by atoms with E-state index in [1.54, 1.807) is 18.2 Å². The Morgan fingerprint density at radius 2 is 2.00 bits per heavy atom. The zero-order valence-electron chi connectivity index (χ0n) is 11.4. The molecular weight excluding hydrogens is 280 g/mol. The van der Waals surface area contributed by atoms with Gasteiger partial charge in [0.25, 0.3) is 0 Å². The second kappa shape index (κ2) is 8.43. The van der Waals surface area contributed by atoms with Crippen LogP contribution in [0.2, 0.25) is 5.02 Å². The van der Waals surface area contributed by atoms with Crippen molar-refractivity contribution >= 4 is 29.3 Å². The summed E-state index contributed by atoms with van der Waals surface area (Å²) in [5, 5.41) is 14.5. The van der Waals surface area contributed by atoms with Crippen molar-refractivity contribution in [3.63, 3.8) is 0 Å². The van der Waals surface area contributed by atoms with Gasteiger partial charge in [0.15, 0.2) is 0 Å². The van der Waals surface area contributed by atoms with Crippen LogP contribution in [0.25, 0.3) is 0 Å². The normalized spacial score (nSPS) is 10.1. The molecule has 5 nitrogen and oxygen atoms in total. The van der Waals surface area contributed by atoms with Crippen molar-refractivity contribution in [1.29, 1.82) is 0 Å². The Labute approximate surface area is 123 Å². The van der Waals surface area contributed by atoms with Crippen LogP contribution in [-0.4, -0.2) is 23.7 Å². The number of carbonyl (C=O) groups is 2. The van der Waals surface area contributed by atoms with Crippen LogP contribution >= 0.6 is 11.6 Å². The summed E-state index contributed by atoms with van der Waals surface area (Å²) in [6, 6.07) is 5.04. The number of urea groups is 1. The fourth-order valence-electron chi connectivity index (χ4n) is 1.69. The molecule has 20 heavy (non-hydrogen) atoms. The number of anilines is 1. The summed E-state index contributed by atoms with van der Waals surface area (Å²) in [5.74, 6) is -0.785. The molecule has 0 saturated heterocycles. The molecule has 1 aromatic carbocycles. The van der Waals surface area contributed by atoms with Crippen LogP contribution in [0.1, 0.15) is 31.2 Å². The average Bonchev–Trinajstić information content (AvgIpc) is 2.39. The number of benzene rings is 1. The number of nitrogens with one attached hydrogen (secondary N) is 2. The molecule has 0 heterocycles. The Bertz CT molecular complexity index is 477. The van der Waals surface area contributed by atoms with E-state index in [0.717, 1.165) is 18.4 Å². The number of halogens is 1. The molecule has 3 N–H and O–H groups in total. The van der Waals surface area contributed by atoms with Crippen LogP contribution in [-0.2, 0) is 4.79 Å². The molecule has 0 aromatic heterocycles. The van der Waals surface area contributed by atoms with Gasteiger partial charge in [-0.1, -0.05) is 24.1 Å². The van der Waals surface area contributed by atoms with Crippen LogP contribution in [0.3, 0.4) is 0 Å². The van der Waals surface area contributed by atoms with Gasteiger partial charge in [-0.25, -0.2) is 4.79 Å². The third-order valence-electron chi connectivity index (χ3n) is 2.87. The summed E-state index contributed by atoms with van der Waals surface area (Å²) in [6.07, 6.45) is 2.35. The topological polar surface area (TPSA) is 78.4 Å². The van der Waals surface area contributed by atoms with Gasteiger partial charge in [0.05, 0.1) is 0 Å². The van der Waals surface area contributed by atoms with E-state index in [-0.39, 0.29) is 12.5 Å². The van der Waals surface area contributed by atoms with E-state index in [0.29, 0.717) is 23.7 Å². The molecule has 0 spiro atoms. The van der Waals surface area contributed by atoms with E-state index in [4.69, 9.17) is 16.7 Å². The van der Waals surface area contributed by atoms with Gasteiger partial charge in [-0.3, -0.25) is 4.79 Å². The van der Waals surface area contributed by atoms with Gasteiger partial charge < -0.3 is 15.7 Å². The molecule has 0 unspecified atom stereocenters. The Balaban J connectivity index is 2.24. The molecule has 1 aromatic rings. The number of carboxylic acid groups (broad SMARTS) is 1. The molecule has 1 rings (SSSR count). The fourth-order valence-corrected chi connectivity index (χ4v) is 1.86. The van der Waals surface area contributed by atoms with Gasteiger partial charge in [-0.05, 0) is 37.5 Å². The van der Waals surface area contributed by atoms with E-state index < -0.39 is 5.97 Å². The Morgan fingerprint density at radius 1 is 1.25 bits per heavy atom. The molecule has 0 aliphatic heterocycles. The quantitative estimate of drug-likeness (QED) is 0.675. The summed E-state index contributed by atoms with van der Waals surface area (Å²) in [7, 11) is 0. The van der Waals surface area contributed by atoms with E-state index in [9.17, 15) is 9.59 Å². The van der Waals surface area contributed by atoms with Crippen LogP contribution in [0.15, 0.2) is 18.2 Å². The van der Waals surface area contributed by atoms with E-state index in [2.05, 4.69) is 10.6 Å². The number of hydrogen-bond donors (Lipinski definition) is 3. The molecular formula is C14H19ClN2O3. The first kappa shape index (κ1) is 16.3. The van der Waals surface area contributed by atoms with Gasteiger partial charge >= 0.3 is 12.0 Å². The summed E-state index contributed by atoms with van der Waals surface area (Å²) in [4.78, 5) is 22.0. The number of carbonyl (C=O) groups excluding carboxylic acids is 1. The number of unbranched alkanes of at least 4 members (excludes halogenated alkanes) is 2. The maximum Gasteiger partial charge on any atom is 0.319 e. The highest BCUT2D eigenvalue weighted by Gasteiger charge is 2.05. The van der Waals surface area contributed by atoms with Crippen LogP contribution in [0.4, 0.5) is 10.5 Å². The highest BCUT2D eigenvalue weighted by molar-refractivity contribution is 6.31. The second-order valence-electron chi connectivity index (χ2n) is 4.50. The summed E-state index contributed by atoms with van der Waals surface area (Å²) in [5.41, 5.74) is 1.51. The SMILES string of the molecule is Cc1c(Cl)cccc1NC(=O)NCCCCCC(=O)O. The highest BCUT2D eigenvalue weighted by atomic mass is 35.5. The molecule has 0 saturated carbocycles. The molecule has 2 amide bonds. The minimum Gasteiger partial charge on any atom is -0.481 e. The molecule has 0 radical (unpaired) electrons. The smallest absolute Gasteiger partial charge is 0.319 e. The lowest BCUT2D eigenvalue weighted by molar-refractivity contribution is -0.137. The predicted octanol–water partition coefficient (Wildman–Crippen LogP) is 3.41. The van der Waals surface area contributed by atoms with Gasteiger partial charge in [0.1, 0.15) is 0 Å². The van der Waals surface area contributed by atoms with Crippen molar-refractivity contribution in [3.05, 3.63) is 28.8 Å². The first-order valence-corrected chi connectivity index (χ1v) is 6.90. The molecule has 110 valence electrons. The molecule has 0 aliphatic rings. The van der Waals surface area contributed by atoms with E-state index >= 15 is 0 Å². The average molecular weight is 299 g/mol. The first-order chi connectivity index (χ1) is 9.50. The molecule has 0 fully saturated rings. The van der Waals surface area contributed by atoms with Crippen LogP contribution in [0.5, 0.6) is 0 Å². The molecule has 0 atom stereocenters. The van der Waals surface area contributed by atoms with Crippen molar-refractivity contribution in [2.45, 2.75) is 32.6 Å². The lowest BCUT2D eigenvalue weighted by Gasteiger charge is -2.10. The number of hydrogen-bond acceptors (Lipinski definition) is 2. The van der Waals surface area contributed by atoms with Gasteiger partial charge in [0, 0.05) is 23.7 Å². The van der Waals surface area contributed by atoms with E-state index in [1.807, 2.05) is 6.92 Å². The standard InChI is InChI=1S/C14H19ClN2O3/c1-10-11(15)6-5-7-12(10)17-14(20)16-9-4-2-3-8-13(18)19/h5-7H,2-4,8-9H2,1H3,(H,18,19)(H2,16,17,20). The van der Waals surface area contributed by atoms with Crippen molar-refractivity contribution < 1.29 is 14.7 Å². The van der Waals surface area contributed by atoms with Crippen LogP contribution in [0, 0.1) is 6.92 Å². The summed E-state index contributed by atoms with van der Waals surface area (Å²) >= 11 is 5.96. The Hall–Kier alpha value is -1.75. The van der Waals surface area contributed by atoms with Crippen molar-refractivity contribution in [1.82, 2.24) is 5.32 Å². The summed E-state index contributed by atoms with van der Waals surface area (Å²) < 4.78 is 0. The molecule has 0 aliphatic carbocycles. The lowest BCUT2D eigenvalue weighted by atomic mass is 10.2. The fraction of sp³-hybridized carbons (Fsp3) is 0.429. The third kappa shape index (κ3) is 5.93. The Morgan fingerprint density at radius 3 is 2.70 bits per heavy atom. The molecule has 0 bridgehead atoms. The zero-order chi connectivity index (χ0) is 15.0. The number of carboxylic acids is 1. The van der Waals surface area contributed by atoms with Crippen molar-refractivity contribution in [3.8, 4) is 0 Å². The van der Waals surface area contributed by atoms with Crippen LogP contribution < -0.4 is 10.6 Å². The van der Waals surface area contributed by atoms with E-state index in [1.165, 1.54) is 0 Å². The number of amides is 2. The third-order valence-corrected chi connectivity index (χ3v) is 3.28. The monoisotopic (exact) mass is 298 g/mol. The second-order valence-corrected chi connectivity index (χ2v) is 4.90. The zero-order valence-corrected chi connectivity index (χ0v) is 12.2. The van der Waals surface area contributed by atoms with Crippen molar-refractivity contribution in [2.24, 2.45) is 0 Å². The van der Waals surface area contributed by atoms with Gasteiger partial charge in [-0.15, -0.1) is 0 Å². The summed E-state index contributed by atoms with van der Waals surface area (Å²) in [6.45, 7) is 2.36. The minimum absolute atomic E-state index is 0.175. The Kier molecular flexibility index (Phi) is 6.87. The van der Waals surface area contributed by atoms with Crippen molar-refractivity contribution in [2.75, 3.05) is 11.9 Å². The first-order valence-electron chi connectivity index (χ1n) is 6.52. The number of rotatable bonds is 7. The minimum atomic E-state index is -0.785. The highest BCUT2D eigenvalue weighted by Crippen LogP contribution is 2.22. The predicted molar refractivity (Wildman–Crippen MR) is 79.3 cm³/mol. The lowest BCUT2D eigenvalue weighted by Crippen LogP contribution is -2.29.